The fraction of sp³-hybridized carbons (Fsp3) is 0.0588. The van der Waals surface area contributed by atoms with Gasteiger partial charge in [0.1, 0.15) is 0 Å². The third kappa shape index (κ3) is 4.54. The summed E-state index contributed by atoms with van der Waals surface area (Å²) in [5.41, 5.74) is 16.9. The Morgan fingerprint density at radius 1 is 0.370 bits per heavy atom. The molecule has 2 heterocycles. The molecule has 3 heteroatoms. The van der Waals surface area contributed by atoms with Gasteiger partial charge in [0, 0.05) is 43.4 Å². The highest BCUT2D eigenvalue weighted by atomic mass is 35.5. The molecule has 0 saturated heterocycles. The first-order valence-corrected chi connectivity index (χ1v) is 19.0. The lowest BCUT2D eigenvalue weighted by atomic mass is 9.82. The predicted molar refractivity (Wildman–Crippen MR) is 229 cm³/mol. The summed E-state index contributed by atoms with van der Waals surface area (Å²) in [6.45, 7) is 4.68. The van der Waals surface area contributed by atoms with Crippen LogP contribution in [0.5, 0.6) is 0 Å². The fourth-order valence-corrected chi connectivity index (χ4v) is 9.44. The first-order chi connectivity index (χ1) is 26.4. The van der Waals surface area contributed by atoms with Crippen molar-refractivity contribution in [2.75, 3.05) is 0 Å². The van der Waals surface area contributed by atoms with Crippen molar-refractivity contribution < 1.29 is 0 Å². The Morgan fingerprint density at radius 3 is 1.54 bits per heavy atom. The van der Waals surface area contributed by atoms with E-state index in [0.29, 0.717) is 5.02 Å². The van der Waals surface area contributed by atoms with Gasteiger partial charge >= 0.3 is 0 Å². The van der Waals surface area contributed by atoms with Crippen LogP contribution in [0.4, 0.5) is 0 Å². The minimum Gasteiger partial charge on any atom is -0.309 e. The summed E-state index contributed by atoms with van der Waals surface area (Å²) in [6, 6.07) is 64.0. The highest BCUT2D eigenvalue weighted by molar-refractivity contribution is 6.31. The molecule has 10 aromatic rings. The van der Waals surface area contributed by atoms with Gasteiger partial charge in [-0.25, -0.2) is 0 Å². The third-order valence-corrected chi connectivity index (χ3v) is 12.0. The van der Waals surface area contributed by atoms with Crippen LogP contribution in [-0.2, 0) is 5.41 Å². The Morgan fingerprint density at radius 2 is 0.889 bits per heavy atom. The van der Waals surface area contributed by atoms with Gasteiger partial charge in [0.15, 0.2) is 0 Å². The lowest BCUT2D eigenvalue weighted by molar-refractivity contribution is 0.660. The zero-order valence-electron chi connectivity index (χ0n) is 30.0. The van der Waals surface area contributed by atoms with E-state index in [1.165, 1.54) is 71.6 Å². The van der Waals surface area contributed by atoms with E-state index < -0.39 is 0 Å². The Bertz CT molecular complexity index is 3140. The van der Waals surface area contributed by atoms with Gasteiger partial charge in [0.2, 0.25) is 0 Å². The molecule has 0 aliphatic heterocycles. The number of rotatable bonds is 4. The summed E-state index contributed by atoms with van der Waals surface area (Å²) in [4.78, 5) is 0. The molecular formula is C51H35ClN2. The molecule has 2 aromatic heterocycles. The quantitative estimate of drug-likeness (QED) is 0.172. The Balaban J connectivity index is 1.08. The standard InChI is InChI=1S/C51H35ClN2/c1-51(2)45-17-9-6-14-39(45)44-31-38(22-25-46(44)51)54-48-19-11-8-16-41(48)43-24-21-33(30-50(43)54)35-26-34(27-36(52)28-35)32-20-23-42-40-15-7-10-18-47(40)53(49(42)29-32)37-12-4-3-5-13-37/h3-31H,1-2H3. The highest BCUT2D eigenvalue weighted by Crippen LogP contribution is 2.49. The molecule has 0 fully saturated rings. The van der Waals surface area contributed by atoms with Gasteiger partial charge < -0.3 is 9.13 Å². The van der Waals surface area contributed by atoms with Crippen molar-refractivity contribution in [1.29, 1.82) is 0 Å². The van der Waals surface area contributed by atoms with E-state index >= 15 is 0 Å². The van der Waals surface area contributed by atoms with E-state index in [2.05, 4.69) is 199 Å². The monoisotopic (exact) mass is 710 g/mol. The molecule has 0 radical (unpaired) electrons. The molecule has 0 amide bonds. The molecule has 2 nitrogen and oxygen atoms in total. The normalized spacial score (nSPS) is 13.2. The molecule has 0 spiro atoms. The lowest BCUT2D eigenvalue weighted by Gasteiger charge is -2.21. The Hall–Kier alpha value is -6.35. The number of halogens is 1. The van der Waals surface area contributed by atoms with Crippen LogP contribution in [0, 0.1) is 0 Å². The van der Waals surface area contributed by atoms with Crippen LogP contribution in [0.25, 0.3) is 88.4 Å². The number of hydrogen-bond donors (Lipinski definition) is 0. The third-order valence-electron chi connectivity index (χ3n) is 11.8. The van der Waals surface area contributed by atoms with E-state index in [4.69, 9.17) is 11.6 Å². The fourth-order valence-electron chi connectivity index (χ4n) is 9.20. The summed E-state index contributed by atoms with van der Waals surface area (Å²) < 4.78 is 4.80. The minimum absolute atomic E-state index is 0.0363. The zero-order valence-corrected chi connectivity index (χ0v) is 30.8. The van der Waals surface area contributed by atoms with Gasteiger partial charge in [-0.3, -0.25) is 0 Å². The maximum absolute atomic E-state index is 6.98. The van der Waals surface area contributed by atoms with Gasteiger partial charge in [-0.05, 0) is 111 Å². The smallest absolute Gasteiger partial charge is 0.0547 e. The van der Waals surface area contributed by atoms with Crippen LogP contribution >= 0.6 is 11.6 Å². The summed E-state index contributed by atoms with van der Waals surface area (Å²) in [7, 11) is 0. The molecule has 1 aliphatic carbocycles. The molecule has 0 saturated carbocycles. The first kappa shape index (κ1) is 31.2. The van der Waals surface area contributed by atoms with Crippen molar-refractivity contribution in [2.45, 2.75) is 19.3 Å². The molecule has 11 rings (SSSR count). The van der Waals surface area contributed by atoms with Crippen LogP contribution in [0.3, 0.4) is 0 Å². The van der Waals surface area contributed by atoms with Crippen LogP contribution in [-0.4, -0.2) is 9.13 Å². The minimum atomic E-state index is -0.0363. The van der Waals surface area contributed by atoms with E-state index in [0.717, 1.165) is 27.9 Å². The SMILES string of the molecule is CC1(C)c2ccccc2-c2cc(-n3c4ccccc4c4ccc(-c5cc(Cl)cc(-c6ccc7c8ccccc8n(-c8ccccc8)c7c6)c5)cc43)ccc21. The van der Waals surface area contributed by atoms with E-state index in [1.54, 1.807) is 0 Å². The Labute approximate surface area is 319 Å². The number of benzene rings is 8. The zero-order chi connectivity index (χ0) is 36.1. The second kappa shape index (κ2) is 11.6. The van der Waals surface area contributed by atoms with Crippen molar-refractivity contribution in [2.24, 2.45) is 0 Å². The van der Waals surface area contributed by atoms with E-state index in [-0.39, 0.29) is 5.41 Å². The number of fused-ring (bicyclic) bond motifs is 9. The predicted octanol–water partition coefficient (Wildman–Crippen LogP) is 14.2. The van der Waals surface area contributed by atoms with E-state index in [1.807, 2.05) is 0 Å². The number of nitrogens with zero attached hydrogens (tertiary/aromatic N) is 2. The summed E-state index contributed by atoms with van der Waals surface area (Å²) >= 11 is 6.98. The molecule has 1 aliphatic rings. The van der Waals surface area contributed by atoms with Gasteiger partial charge in [0.05, 0.1) is 22.1 Å². The van der Waals surface area contributed by atoms with Crippen LogP contribution in [0.15, 0.2) is 176 Å². The lowest BCUT2D eigenvalue weighted by Crippen LogP contribution is -2.14. The number of hydrogen-bond acceptors (Lipinski definition) is 0. The maximum Gasteiger partial charge on any atom is 0.0547 e. The topological polar surface area (TPSA) is 9.86 Å². The first-order valence-electron chi connectivity index (χ1n) is 18.6. The van der Waals surface area contributed by atoms with Gasteiger partial charge in [-0.2, -0.15) is 0 Å². The van der Waals surface area contributed by atoms with Crippen LogP contribution in [0.1, 0.15) is 25.0 Å². The average molecular weight is 711 g/mol. The maximum atomic E-state index is 6.98. The van der Waals surface area contributed by atoms with Crippen molar-refractivity contribution >= 4 is 55.2 Å². The molecule has 54 heavy (non-hydrogen) atoms. The van der Waals surface area contributed by atoms with Crippen LogP contribution < -0.4 is 0 Å². The number of aromatic nitrogens is 2. The van der Waals surface area contributed by atoms with Crippen molar-refractivity contribution in [1.82, 2.24) is 9.13 Å². The molecule has 8 aromatic carbocycles. The Kier molecular flexibility index (Phi) is 6.69. The highest BCUT2D eigenvalue weighted by Gasteiger charge is 2.35. The van der Waals surface area contributed by atoms with Crippen molar-refractivity contribution in [3.8, 4) is 44.8 Å². The van der Waals surface area contributed by atoms with Crippen molar-refractivity contribution in [3.63, 3.8) is 0 Å². The average Bonchev–Trinajstić information content (AvgIpc) is 3.80. The van der Waals surface area contributed by atoms with Gasteiger partial charge in [0.25, 0.3) is 0 Å². The largest absolute Gasteiger partial charge is 0.309 e. The summed E-state index contributed by atoms with van der Waals surface area (Å²) in [5, 5.41) is 5.67. The second-order valence-corrected chi connectivity index (χ2v) is 15.6. The second-order valence-electron chi connectivity index (χ2n) is 15.1. The van der Waals surface area contributed by atoms with Gasteiger partial charge in [-0.15, -0.1) is 0 Å². The summed E-state index contributed by atoms with van der Waals surface area (Å²) in [5.74, 6) is 0. The summed E-state index contributed by atoms with van der Waals surface area (Å²) in [6.07, 6.45) is 0. The molecule has 0 atom stereocenters. The van der Waals surface area contributed by atoms with E-state index in [9.17, 15) is 0 Å². The molecular weight excluding hydrogens is 676 g/mol. The van der Waals surface area contributed by atoms with Crippen molar-refractivity contribution in [3.05, 3.63) is 192 Å². The molecule has 256 valence electrons. The molecule has 0 unspecified atom stereocenters. The molecule has 0 N–H and O–H groups in total. The van der Waals surface area contributed by atoms with Crippen LogP contribution in [0.2, 0.25) is 5.02 Å². The van der Waals surface area contributed by atoms with Gasteiger partial charge in [-0.1, -0.05) is 135 Å². The number of para-hydroxylation sites is 3. The molecule has 0 bridgehead atoms.